The summed E-state index contributed by atoms with van der Waals surface area (Å²) in [6.07, 6.45) is 1.76. The van der Waals surface area contributed by atoms with E-state index >= 15 is 0 Å². The van der Waals surface area contributed by atoms with Crippen molar-refractivity contribution in [2.24, 2.45) is 0 Å². The first-order chi connectivity index (χ1) is 14.9. The molecule has 1 N–H and O–H groups in total. The molecule has 0 saturated heterocycles. The molecule has 3 aromatic rings. The summed E-state index contributed by atoms with van der Waals surface area (Å²) in [6, 6.07) is 19.6. The third-order valence-corrected chi connectivity index (χ3v) is 4.47. The van der Waals surface area contributed by atoms with Crippen LogP contribution in [0.3, 0.4) is 0 Å². The lowest BCUT2D eigenvalue weighted by atomic mass is 10.1. The van der Waals surface area contributed by atoms with Crippen LogP contribution in [0.15, 0.2) is 72.8 Å². The molecule has 0 aliphatic carbocycles. The maximum absolute atomic E-state index is 12.4. The van der Waals surface area contributed by atoms with Crippen LogP contribution in [0.25, 0.3) is 0 Å². The van der Waals surface area contributed by atoms with Crippen molar-refractivity contribution >= 4 is 23.0 Å². The summed E-state index contributed by atoms with van der Waals surface area (Å²) < 4.78 is 5.69. The maximum atomic E-state index is 12.4. The number of nitro benzene ring substituents is 2. The van der Waals surface area contributed by atoms with Crippen LogP contribution in [0.1, 0.15) is 22.3 Å². The largest absolute Gasteiger partial charge is 0.494 e. The minimum absolute atomic E-state index is 0.267. The van der Waals surface area contributed by atoms with Gasteiger partial charge < -0.3 is 10.1 Å². The summed E-state index contributed by atoms with van der Waals surface area (Å²) in [7, 11) is 0. The molecule has 158 valence electrons. The van der Waals surface area contributed by atoms with Gasteiger partial charge in [-0.3, -0.25) is 25.0 Å². The van der Waals surface area contributed by atoms with E-state index in [1.54, 1.807) is 24.3 Å². The first kappa shape index (κ1) is 21.4. The van der Waals surface area contributed by atoms with Crippen LogP contribution < -0.4 is 10.1 Å². The Balaban J connectivity index is 1.57. The van der Waals surface area contributed by atoms with Crippen molar-refractivity contribution in [3.63, 3.8) is 0 Å². The minimum atomic E-state index is -0.825. The molecule has 0 heterocycles. The molecule has 9 heteroatoms. The molecule has 0 aliphatic heterocycles. The van der Waals surface area contributed by atoms with Crippen LogP contribution in [0, 0.1) is 20.2 Å². The summed E-state index contributed by atoms with van der Waals surface area (Å²) in [4.78, 5) is 32.9. The summed E-state index contributed by atoms with van der Waals surface area (Å²) in [5.41, 5.74) is 0.290. The molecular formula is C22H19N3O6. The average Bonchev–Trinajstić information content (AvgIpc) is 2.78. The van der Waals surface area contributed by atoms with Gasteiger partial charge in [-0.2, -0.15) is 0 Å². The van der Waals surface area contributed by atoms with E-state index < -0.39 is 27.1 Å². The van der Waals surface area contributed by atoms with E-state index in [2.05, 4.69) is 17.4 Å². The number of ether oxygens (including phenoxy) is 1. The molecule has 9 nitrogen and oxygen atoms in total. The molecule has 3 aromatic carbocycles. The van der Waals surface area contributed by atoms with E-state index in [9.17, 15) is 25.0 Å². The fraction of sp³-hybridized carbons (Fsp3) is 0.136. The zero-order chi connectivity index (χ0) is 22.2. The van der Waals surface area contributed by atoms with Gasteiger partial charge in [-0.05, 0) is 48.7 Å². The Morgan fingerprint density at radius 3 is 2.26 bits per heavy atom. The zero-order valence-electron chi connectivity index (χ0n) is 16.4. The van der Waals surface area contributed by atoms with Crippen molar-refractivity contribution < 1.29 is 19.4 Å². The van der Waals surface area contributed by atoms with Crippen molar-refractivity contribution in [2.45, 2.75) is 12.8 Å². The van der Waals surface area contributed by atoms with E-state index in [0.29, 0.717) is 18.0 Å². The summed E-state index contributed by atoms with van der Waals surface area (Å²) in [5, 5.41) is 24.6. The lowest BCUT2D eigenvalue weighted by molar-refractivity contribution is -0.394. The van der Waals surface area contributed by atoms with Crippen molar-refractivity contribution in [2.75, 3.05) is 11.9 Å². The molecule has 0 bridgehead atoms. The number of carbonyl (C=O) groups excluding carboxylic acids is 1. The number of benzene rings is 3. The second kappa shape index (κ2) is 9.97. The molecule has 31 heavy (non-hydrogen) atoms. The van der Waals surface area contributed by atoms with Gasteiger partial charge in [0.15, 0.2) is 0 Å². The molecule has 0 fully saturated rings. The van der Waals surface area contributed by atoms with E-state index in [-0.39, 0.29) is 5.56 Å². The first-order valence-corrected chi connectivity index (χ1v) is 9.45. The zero-order valence-corrected chi connectivity index (χ0v) is 16.4. The molecule has 3 rings (SSSR count). The van der Waals surface area contributed by atoms with E-state index in [0.717, 1.165) is 31.0 Å². The average molecular weight is 421 g/mol. The number of rotatable bonds is 9. The highest BCUT2D eigenvalue weighted by atomic mass is 16.6. The molecule has 0 radical (unpaired) electrons. The number of nitrogens with zero attached hydrogens (tertiary/aromatic N) is 2. The third-order valence-electron chi connectivity index (χ3n) is 4.47. The van der Waals surface area contributed by atoms with Crippen LogP contribution in [-0.4, -0.2) is 22.4 Å². The van der Waals surface area contributed by atoms with Gasteiger partial charge in [0.1, 0.15) is 11.3 Å². The lowest BCUT2D eigenvalue weighted by Gasteiger charge is -2.09. The van der Waals surface area contributed by atoms with Crippen LogP contribution in [0.4, 0.5) is 17.1 Å². The third kappa shape index (κ3) is 5.86. The number of hydrogen-bond donors (Lipinski definition) is 1. The smallest absolute Gasteiger partial charge is 0.289 e. The van der Waals surface area contributed by atoms with Crippen molar-refractivity contribution in [1.29, 1.82) is 0 Å². The lowest BCUT2D eigenvalue weighted by Crippen LogP contribution is -2.14. The maximum Gasteiger partial charge on any atom is 0.289 e. The van der Waals surface area contributed by atoms with Crippen LogP contribution in [0.5, 0.6) is 5.75 Å². The Hall–Kier alpha value is -4.27. The Labute approximate surface area is 177 Å². The van der Waals surface area contributed by atoms with Gasteiger partial charge >= 0.3 is 0 Å². The van der Waals surface area contributed by atoms with Gasteiger partial charge in [-0.25, -0.2) is 0 Å². The number of hydrogen-bond acceptors (Lipinski definition) is 6. The Morgan fingerprint density at radius 2 is 1.61 bits per heavy atom. The van der Waals surface area contributed by atoms with Crippen molar-refractivity contribution in [3.8, 4) is 5.75 Å². The van der Waals surface area contributed by atoms with Gasteiger partial charge in [-0.15, -0.1) is 0 Å². The van der Waals surface area contributed by atoms with Gasteiger partial charge in [0.2, 0.25) is 0 Å². The summed E-state index contributed by atoms with van der Waals surface area (Å²) >= 11 is 0. The number of amides is 1. The molecule has 0 saturated carbocycles. The highest BCUT2D eigenvalue weighted by Gasteiger charge is 2.24. The Bertz CT molecular complexity index is 1080. The molecule has 0 aliphatic rings. The Kier molecular flexibility index (Phi) is 6.89. The number of carbonyl (C=O) groups is 1. The molecule has 1 amide bonds. The van der Waals surface area contributed by atoms with Crippen LogP contribution >= 0.6 is 0 Å². The van der Waals surface area contributed by atoms with Gasteiger partial charge in [0.05, 0.1) is 22.5 Å². The Morgan fingerprint density at radius 1 is 0.903 bits per heavy atom. The number of aryl methyl sites for hydroxylation is 1. The van der Waals surface area contributed by atoms with E-state index in [1.807, 2.05) is 18.2 Å². The quantitative estimate of drug-likeness (QED) is 0.301. The standard InChI is InChI=1S/C22H19N3O6/c26-22(20-13-10-18(24(27)28)15-21(20)25(29)30)23-17-8-11-19(12-9-17)31-14-4-7-16-5-2-1-3-6-16/h1-3,5-6,8-13,15H,4,7,14H2,(H,23,26). The molecular weight excluding hydrogens is 402 g/mol. The minimum Gasteiger partial charge on any atom is -0.494 e. The fourth-order valence-corrected chi connectivity index (χ4v) is 2.92. The van der Waals surface area contributed by atoms with Gasteiger partial charge in [0, 0.05) is 11.8 Å². The summed E-state index contributed by atoms with van der Waals surface area (Å²) in [5.74, 6) is -0.106. The molecule has 0 unspecified atom stereocenters. The first-order valence-electron chi connectivity index (χ1n) is 9.45. The predicted octanol–water partition coefficient (Wildman–Crippen LogP) is 4.77. The normalized spacial score (nSPS) is 10.3. The van der Waals surface area contributed by atoms with Crippen LogP contribution in [0.2, 0.25) is 0 Å². The van der Waals surface area contributed by atoms with Crippen molar-refractivity contribution in [1.82, 2.24) is 0 Å². The number of non-ortho nitro benzene ring substituents is 1. The molecule has 0 atom stereocenters. The van der Waals surface area contributed by atoms with E-state index in [1.165, 1.54) is 5.56 Å². The molecule has 0 spiro atoms. The van der Waals surface area contributed by atoms with E-state index in [4.69, 9.17) is 4.74 Å². The number of nitrogens with one attached hydrogen (secondary N) is 1. The molecule has 0 aromatic heterocycles. The predicted molar refractivity (Wildman–Crippen MR) is 114 cm³/mol. The highest BCUT2D eigenvalue weighted by molar-refractivity contribution is 6.07. The highest BCUT2D eigenvalue weighted by Crippen LogP contribution is 2.26. The number of nitro groups is 2. The van der Waals surface area contributed by atoms with Gasteiger partial charge in [0.25, 0.3) is 17.3 Å². The fourth-order valence-electron chi connectivity index (χ4n) is 2.92. The van der Waals surface area contributed by atoms with Crippen LogP contribution in [-0.2, 0) is 6.42 Å². The van der Waals surface area contributed by atoms with Gasteiger partial charge in [-0.1, -0.05) is 30.3 Å². The SMILES string of the molecule is O=C(Nc1ccc(OCCCc2ccccc2)cc1)c1ccc([N+](=O)[O-])cc1[N+](=O)[O-]. The topological polar surface area (TPSA) is 125 Å². The summed E-state index contributed by atoms with van der Waals surface area (Å²) in [6.45, 7) is 0.537. The second-order valence-electron chi connectivity index (χ2n) is 6.63. The number of anilines is 1. The second-order valence-corrected chi connectivity index (χ2v) is 6.63. The van der Waals surface area contributed by atoms with Crippen molar-refractivity contribution in [3.05, 3.63) is 104 Å². The monoisotopic (exact) mass is 421 g/mol.